The van der Waals surface area contributed by atoms with Crippen LogP contribution >= 0.6 is 0 Å². The number of para-hydroxylation sites is 1. The van der Waals surface area contributed by atoms with Gasteiger partial charge in [0.15, 0.2) is 0 Å². The Labute approximate surface area is 172 Å². The fraction of sp³-hybridized carbons (Fsp3) is 0.565. The van der Waals surface area contributed by atoms with Crippen molar-refractivity contribution in [3.63, 3.8) is 0 Å². The molecule has 1 atom stereocenters. The van der Waals surface area contributed by atoms with Crippen LogP contribution < -0.4 is 0 Å². The molecule has 2 aliphatic rings. The van der Waals surface area contributed by atoms with Gasteiger partial charge in [0.2, 0.25) is 5.91 Å². The van der Waals surface area contributed by atoms with Crippen molar-refractivity contribution >= 4 is 22.8 Å². The molecule has 0 saturated carbocycles. The van der Waals surface area contributed by atoms with Crippen molar-refractivity contribution in [2.24, 2.45) is 5.41 Å². The van der Waals surface area contributed by atoms with Crippen molar-refractivity contribution in [1.82, 2.24) is 14.8 Å². The number of fused-ring (bicyclic) bond motifs is 1. The Kier molecular flexibility index (Phi) is 5.63. The van der Waals surface area contributed by atoms with Gasteiger partial charge < -0.3 is 19.5 Å². The highest BCUT2D eigenvalue weighted by Gasteiger charge is 2.50. The third-order valence-electron chi connectivity index (χ3n) is 6.48. The molecule has 1 aromatic heterocycles. The molecule has 1 unspecified atom stereocenters. The van der Waals surface area contributed by atoms with E-state index >= 15 is 0 Å². The number of aromatic amines is 1. The Bertz CT molecular complexity index is 880. The number of likely N-dealkylation sites (N-methyl/N-ethyl adjacent to an activating group) is 1. The van der Waals surface area contributed by atoms with Gasteiger partial charge in [0.05, 0.1) is 5.41 Å². The molecule has 4 rings (SSSR count). The maximum Gasteiger partial charge on any atom is 0.312 e. The Morgan fingerprint density at radius 2 is 2.03 bits per heavy atom. The lowest BCUT2D eigenvalue weighted by Gasteiger charge is -2.36. The largest absolute Gasteiger partial charge is 0.461 e. The van der Waals surface area contributed by atoms with Crippen LogP contribution in [0.1, 0.15) is 37.7 Å². The number of benzene rings is 1. The number of ether oxygens (including phenoxy) is 1. The lowest BCUT2D eigenvalue weighted by molar-refractivity contribution is -0.152. The van der Waals surface area contributed by atoms with Gasteiger partial charge in [-0.25, -0.2) is 0 Å². The van der Waals surface area contributed by atoms with Crippen LogP contribution in [0.25, 0.3) is 10.9 Å². The second-order valence-electron chi connectivity index (χ2n) is 8.87. The molecule has 1 N–H and O–H groups in total. The lowest BCUT2D eigenvalue weighted by Crippen LogP contribution is -2.45. The summed E-state index contributed by atoms with van der Waals surface area (Å²) in [5.74, 6) is 0.145. The first-order chi connectivity index (χ1) is 14.0. The van der Waals surface area contributed by atoms with Crippen LogP contribution in [0.15, 0.2) is 30.5 Å². The molecule has 29 heavy (non-hydrogen) atoms. The van der Waals surface area contributed by atoms with Crippen molar-refractivity contribution in [3.05, 3.63) is 36.0 Å². The van der Waals surface area contributed by atoms with Crippen LogP contribution in [-0.2, 0) is 20.7 Å². The van der Waals surface area contributed by atoms with Crippen molar-refractivity contribution in [1.29, 1.82) is 0 Å². The van der Waals surface area contributed by atoms with Crippen LogP contribution in [0.4, 0.5) is 0 Å². The molecule has 6 heteroatoms. The van der Waals surface area contributed by atoms with Gasteiger partial charge in [0.1, 0.15) is 6.10 Å². The average molecular weight is 398 g/mol. The van der Waals surface area contributed by atoms with Crippen molar-refractivity contribution in [3.8, 4) is 0 Å². The number of amides is 1. The molecule has 2 saturated heterocycles. The minimum atomic E-state index is -0.374. The number of nitrogens with one attached hydrogen (secondary N) is 1. The van der Waals surface area contributed by atoms with E-state index in [9.17, 15) is 9.59 Å². The monoisotopic (exact) mass is 397 g/mol. The third-order valence-corrected chi connectivity index (χ3v) is 6.48. The van der Waals surface area contributed by atoms with Gasteiger partial charge >= 0.3 is 5.97 Å². The topological polar surface area (TPSA) is 65.6 Å². The average Bonchev–Trinajstić information content (AvgIpc) is 3.23. The highest BCUT2D eigenvalue weighted by molar-refractivity contribution is 5.83. The first-order valence-corrected chi connectivity index (χ1v) is 10.7. The number of carbonyl (C=O) groups is 2. The summed E-state index contributed by atoms with van der Waals surface area (Å²) >= 11 is 0. The molecule has 2 aliphatic heterocycles. The normalized spacial score (nSPS) is 21.3. The quantitative estimate of drug-likeness (QED) is 0.761. The molecular weight excluding hydrogens is 366 g/mol. The van der Waals surface area contributed by atoms with E-state index in [-0.39, 0.29) is 23.4 Å². The summed E-state index contributed by atoms with van der Waals surface area (Å²) in [5, 5.41) is 1.24. The summed E-state index contributed by atoms with van der Waals surface area (Å²) in [6.45, 7) is 2.09. The summed E-state index contributed by atoms with van der Waals surface area (Å²) in [7, 11) is 3.99. The molecule has 2 aromatic rings. The number of piperidine rings is 1. The van der Waals surface area contributed by atoms with Gasteiger partial charge in [0.25, 0.3) is 0 Å². The van der Waals surface area contributed by atoms with E-state index in [1.54, 1.807) is 0 Å². The molecule has 6 nitrogen and oxygen atoms in total. The molecule has 1 amide bonds. The molecule has 156 valence electrons. The number of esters is 1. The van der Waals surface area contributed by atoms with Crippen LogP contribution in [-0.4, -0.2) is 66.5 Å². The summed E-state index contributed by atoms with van der Waals surface area (Å²) in [5.41, 5.74) is 2.04. The zero-order valence-corrected chi connectivity index (χ0v) is 17.4. The maximum absolute atomic E-state index is 12.7. The Morgan fingerprint density at radius 1 is 1.28 bits per heavy atom. The highest BCUT2D eigenvalue weighted by Crippen LogP contribution is 2.43. The first kappa shape index (κ1) is 20.0. The van der Waals surface area contributed by atoms with E-state index in [1.807, 2.05) is 31.1 Å². The number of likely N-dealkylation sites (tertiary alicyclic amines) is 1. The molecule has 1 aromatic carbocycles. The number of aryl methyl sites for hydroxylation is 1. The second-order valence-corrected chi connectivity index (χ2v) is 8.87. The second kappa shape index (κ2) is 8.19. The SMILES string of the molecule is CN(C)CC1CC2(CCN(C(=O)CCCc3c[nH]c4ccccc34)CC2)C(=O)O1. The summed E-state index contributed by atoms with van der Waals surface area (Å²) in [4.78, 5) is 32.5. The van der Waals surface area contributed by atoms with E-state index < -0.39 is 0 Å². The smallest absolute Gasteiger partial charge is 0.312 e. The number of cyclic esters (lactones) is 1. The van der Waals surface area contributed by atoms with Crippen LogP contribution in [0, 0.1) is 5.41 Å². The summed E-state index contributed by atoms with van der Waals surface area (Å²) in [6, 6.07) is 8.27. The number of rotatable bonds is 6. The van der Waals surface area contributed by atoms with Gasteiger partial charge in [-0.2, -0.15) is 0 Å². The fourth-order valence-corrected chi connectivity index (χ4v) is 4.87. The molecule has 0 radical (unpaired) electrons. The fourth-order valence-electron chi connectivity index (χ4n) is 4.87. The summed E-state index contributed by atoms with van der Waals surface area (Å²) in [6.07, 6.45) is 6.56. The van der Waals surface area contributed by atoms with Crippen LogP contribution in [0.2, 0.25) is 0 Å². The molecular formula is C23H31N3O3. The Morgan fingerprint density at radius 3 is 2.79 bits per heavy atom. The first-order valence-electron chi connectivity index (χ1n) is 10.7. The minimum Gasteiger partial charge on any atom is -0.461 e. The number of carbonyl (C=O) groups excluding carboxylic acids is 2. The van der Waals surface area contributed by atoms with Crippen molar-refractivity contribution < 1.29 is 14.3 Å². The van der Waals surface area contributed by atoms with Gasteiger partial charge in [-0.3, -0.25) is 9.59 Å². The summed E-state index contributed by atoms with van der Waals surface area (Å²) < 4.78 is 5.62. The molecule has 1 spiro atoms. The van der Waals surface area contributed by atoms with Gasteiger partial charge in [-0.15, -0.1) is 0 Å². The number of hydrogen-bond donors (Lipinski definition) is 1. The standard InChI is InChI=1S/C23H31N3O3/c1-25(2)16-18-14-23(22(28)29-18)10-12-26(13-11-23)21(27)9-5-6-17-15-24-20-8-4-3-7-19(17)20/h3-4,7-8,15,18,24H,5-6,9-14,16H2,1-2H3. The van der Waals surface area contributed by atoms with Crippen molar-refractivity contribution in [2.75, 3.05) is 33.7 Å². The molecule has 0 bridgehead atoms. The molecule has 0 aliphatic carbocycles. The van der Waals surface area contributed by atoms with E-state index in [2.05, 4.69) is 28.2 Å². The minimum absolute atomic E-state index is 0.0177. The number of hydrogen-bond acceptors (Lipinski definition) is 4. The number of nitrogens with zero attached hydrogens (tertiary/aromatic N) is 2. The zero-order valence-electron chi connectivity index (χ0n) is 17.4. The lowest BCUT2D eigenvalue weighted by atomic mass is 9.76. The third kappa shape index (κ3) is 4.17. The van der Waals surface area contributed by atoms with E-state index in [0.29, 0.717) is 19.5 Å². The zero-order chi connectivity index (χ0) is 20.4. The number of H-pyrrole nitrogens is 1. The predicted molar refractivity (Wildman–Crippen MR) is 113 cm³/mol. The maximum atomic E-state index is 12.7. The van der Waals surface area contributed by atoms with Crippen LogP contribution in [0.3, 0.4) is 0 Å². The van der Waals surface area contributed by atoms with E-state index in [4.69, 9.17) is 4.74 Å². The number of aromatic nitrogens is 1. The van der Waals surface area contributed by atoms with Crippen LogP contribution in [0.5, 0.6) is 0 Å². The predicted octanol–water partition coefficient (Wildman–Crippen LogP) is 2.98. The van der Waals surface area contributed by atoms with Crippen molar-refractivity contribution in [2.45, 2.75) is 44.6 Å². The van der Waals surface area contributed by atoms with Gasteiger partial charge in [0, 0.05) is 49.6 Å². The van der Waals surface area contributed by atoms with Gasteiger partial charge in [-0.1, -0.05) is 18.2 Å². The molecule has 3 heterocycles. The molecule has 2 fully saturated rings. The van der Waals surface area contributed by atoms with E-state index in [0.717, 1.165) is 44.2 Å². The Hall–Kier alpha value is -2.34. The highest BCUT2D eigenvalue weighted by atomic mass is 16.6. The van der Waals surface area contributed by atoms with E-state index in [1.165, 1.54) is 10.9 Å². The van der Waals surface area contributed by atoms with Gasteiger partial charge in [-0.05, 0) is 51.4 Å². The Balaban J connectivity index is 1.26.